The molecule has 2 heterocycles. The van der Waals surface area contributed by atoms with Crippen molar-refractivity contribution in [2.45, 2.75) is 72.1 Å². The van der Waals surface area contributed by atoms with E-state index in [1.807, 2.05) is 60.1 Å². The summed E-state index contributed by atoms with van der Waals surface area (Å²) in [6.07, 6.45) is 1.78. The van der Waals surface area contributed by atoms with Crippen molar-refractivity contribution in [3.8, 4) is 0 Å². The summed E-state index contributed by atoms with van der Waals surface area (Å²) in [5, 5.41) is 14.5. The molecule has 0 saturated heterocycles. The van der Waals surface area contributed by atoms with Gasteiger partial charge in [0.15, 0.2) is 5.82 Å². The van der Waals surface area contributed by atoms with E-state index in [0.717, 1.165) is 40.7 Å². The molecule has 0 bridgehead atoms. The minimum atomic E-state index is -0.279. The van der Waals surface area contributed by atoms with E-state index in [1.165, 1.54) is 0 Å². The Morgan fingerprint density at radius 2 is 1.83 bits per heavy atom. The van der Waals surface area contributed by atoms with Crippen LogP contribution in [0.25, 0.3) is 10.9 Å². The van der Waals surface area contributed by atoms with Gasteiger partial charge in [-0.05, 0) is 73.2 Å². The van der Waals surface area contributed by atoms with E-state index >= 15 is 0 Å². The van der Waals surface area contributed by atoms with E-state index in [4.69, 9.17) is 11.6 Å². The molecule has 1 atom stereocenters. The van der Waals surface area contributed by atoms with Crippen molar-refractivity contribution in [3.05, 3.63) is 86.4 Å². The fraction of sp³-hybridized carbons (Fsp3) is 0.407. The van der Waals surface area contributed by atoms with Crippen molar-refractivity contribution in [3.63, 3.8) is 0 Å². The fourth-order valence-electron chi connectivity index (χ4n) is 4.51. The average molecular weight is 493 g/mol. The summed E-state index contributed by atoms with van der Waals surface area (Å²) < 4.78 is 1.89. The standard InChI is InChI=1S/C27H33ClN6O/c1-6-10-23(25-30-31-32-34(25)27(3,4)5)33(16-20-12-7-8-14-22(20)28)17-21-15-19-13-9-11-18(2)24(19)29-26(21)35/h7-9,11-15,23H,6,10,16-17H2,1-5H3,(H,29,35)/t23-/m1/s1. The van der Waals surface area contributed by atoms with Gasteiger partial charge in [-0.2, -0.15) is 0 Å². The Morgan fingerprint density at radius 3 is 2.54 bits per heavy atom. The number of aromatic amines is 1. The molecule has 4 aromatic rings. The van der Waals surface area contributed by atoms with E-state index in [0.29, 0.717) is 23.7 Å². The summed E-state index contributed by atoms with van der Waals surface area (Å²) >= 11 is 6.57. The van der Waals surface area contributed by atoms with Crippen LogP contribution in [0.5, 0.6) is 0 Å². The predicted molar refractivity (Wildman–Crippen MR) is 140 cm³/mol. The minimum Gasteiger partial charge on any atom is -0.321 e. The molecule has 8 heteroatoms. The van der Waals surface area contributed by atoms with Gasteiger partial charge in [-0.3, -0.25) is 9.69 Å². The van der Waals surface area contributed by atoms with Crippen molar-refractivity contribution in [1.29, 1.82) is 0 Å². The molecule has 0 fully saturated rings. The van der Waals surface area contributed by atoms with Crippen LogP contribution in [0.2, 0.25) is 5.02 Å². The normalized spacial score (nSPS) is 13.0. The molecule has 2 aromatic carbocycles. The van der Waals surface area contributed by atoms with Gasteiger partial charge < -0.3 is 4.98 Å². The predicted octanol–water partition coefficient (Wildman–Crippen LogP) is 5.78. The number of H-pyrrole nitrogens is 1. The SMILES string of the molecule is CCC[C@H](c1nnnn1C(C)(C)C)N(Cc1ccccc1Cl)Cc1cc2cccc(C)c2[nH]c1=O. The highest BCUT2D eigenvalue weighted by Crippen LogP contribution is 2.31. The minimum absolute atomic E-state index is 0.0818. The van der Waals surface area contributed by atoms with Gasteiger partial charge in [-0.15, -0.1) is 5.10 Å². The Bertz CT molecular complexity index is 1370. The van der Waals surface area contributed by atoms with Gasteiger partial charge in [0.2, 0.25) is 0 Å². The first-order chi connectivity index (χ1) is 16.7. The number of halogens is 1. The van der Waals surface area contributed by atoms with Gasteiger partial charge in [0, 0.05) is 23.7 Å². The van der Waals surface area contributed by atoms with Crippen LogP contribution in [-0.4, -0.2) is 30.1 Å². The first-order valence-electron chi connectivity index (χ1n) is 12.1. The zero-order valence-corrected chi connectivity index (χ0v) is 21.8. The summed E-state index contributed by atoms with van der Waals surface area (Å²) in [5.74, 6) is 0.791. The summed E-state index contributed by atoms with van der Waals surface area (Å²) in [6, 6.07) is 15.8. The molecule has 0 aliphatic carbocycles. The van der Waals surface area contributed by atoms with Crippen LogP contribution in [0.3, 0.4) is 0 Å². The van der Waals surface area contributed by atoms with Gasteiger partial charge >= 0.3 is 0 Å². The second-order valence-corrected chi connectivity index (χ2v) is 10.5. The lowest BCUT2D eigenvalue weighted by atomic mass is 10.0. The van der Waals surface area contributed by atoms with Crippen LogP contribution in [-0.2, 0) is 18.6 Å². The number of hydrogen-bond acceptors (Lipinski definition) is 5. The number of pyridine rings is 1. The first kappa shape index (κ1) is 25.1. The topological polar surface area (TPSA) is 79.7 Å². The molecule has 0 unspecified atom stereocenters. The first-order valence-corrected chi connectivity index (χ1v) is 12.4. The number of rotatable bonds is 8. The number of fused-ring (bicyclic) bond motifs is 1. The van der Waals surface area contributed by atoms with Crippen molar-refractivity contribution < 1.29 is 0 Å². The van der Waals surface area contributed by atoms with Crippen LogP contribution in [0.4, 0.5) is 0 Å². The second-order valence-electron chi connectivity index (χ2n) is 10.1. The Labute approximate surface area is 211 Å². The zero-order valence-electron chi connectivity index (χ0n) is 21.0. The quantitative estimate of drug-likeness (QED) is 0.337. The van der Waals surface area contributed by atoms with Crippen molar-refractivity contribution in [2.75, 3.05) is 0 Å². The fourth-order valence-corrected chi connectivity index (χ4v) is 4.71. The number of hydrogen-bond donors (Lipinski definition) is 1. The molecule has 35 heavy (non-hydrogen) atoms. The van der Waals surface area contributed by atoms with Gasteiger partial charge in [-0.1, -0.05) is 61.3 Å². The molecule has 0 spiro atoms. The Morgan fingerprint density at radius 1 is 1.09 bits per heavy atom. The van der Waals surface area contributed by atoms with Gasteiger partial charge in [0.25, 0.3) is 5.56 Å². The van der Waals surface area contributed by atoms with Crippen molar-refractivity contribution >= 4 is 22.5 Å². The molecular formula is C27H33ClN6O. The number of benzene rings is 2. The van der Waals surface area contributed by atoms with Crippen LogP contribution in [0, 0.1) is 6.92 Å². The summed E-state index contributed by atoms with van der Waals surface area (Å²) in [5.41, 5.74) is 3.26. The molecule has 0 radical (unpaired) electrons. The van der Waals surface area contributed by atoms with Crippen LogP contribution in [0.15, 0.2) is 53.3 Å². The highest BCUT2D eigenvalue weighted by Gasteiger charge is 2.30. The van der Waals surface area contributed by atoms with Gasteiger partial charge in [-0.25, -0.2) is 4.68 Å². The van der Waals surface area contributed by atoms with Crippen molar-refractivity contribution in [2.24, 2.45) is 0 Å². The Kier molecular flexibility index (Phi) is 7.38. The van der Waals surface area contributed by atoms with E-state index in [1.54, 1.807) is 0 Å². The number of para-hydroxylation sites is 1. The molecule has 0 amide bonds. The molecule has 7 nitrogen and oxygen atoms in total. The Hall–Kier alpha value is -3.03. The molecule has 0 aliphatic rings. The maximum absolute atomic E-state index is 13.2. The van der Waals surface area contributed by atoms with Gasteiger partial charge in [0.1, 0.15) is 0 Å². The molecule has 0 saturated carbocycles. The molecule has 2 aromatic heterocycles. The number of nitrogens with zero attached hydrogens (tertiary/aromatic N) is 5. The molecule has 184 valence electrons. The monoisotopic (exact) mass is 492 g/mol. The number of aryl methyl sites for hydroxylation is 1. The lowest BCUT2D eigenvalue weighted by Crippen LogP contribution is -2.35. The molecular weight excluding hydrogens is 460 g/mol. The Balaban J connectivity index is 1.81. The third-order valence-corrected chi connectivity index (χ3v) is 6.67. The van der Waals surface area contributed by atoms with E-state index < -0.39 is 0 Å². The smallest absolute Gasteiger partial charge is 0.252 e. The average Bonchev–Trinajstić information content (AvgIpc) is 3.30. The van der Waals surface area contributed by atoms with Crippen LogP contribution < -0.4 is 5.56 Å². The van der Waals surface area contributed by atoms with E-state index in [9.17, 15) is 4.79 Å². The maximum Gasteiger partial charge on any atom is 0.252 e. The lowest BCUT2D eigenvalue weighted by molar-refractivity contribution is 0.148. The van der Waals surface area contributed by atoms with Gasteiger partial charge in [0.05, 0.1) is 17.1 Å². The maximum atomic E-state index is 13.2. The second kappa shape index (κ2) is 10.3. The summed E-state index contributed by atoms with van der Waals surface area (Å²) in [4.78, 5) is 18.5. The van der Waals surface area contributed by atoms with Crippen molar-refractivity contribution in [1.82, 2.24) is 30.1 Å². The van der Waals surface area contributed by atoms with Crippen LogP contribution >= 0.6 is 11.6 Å². The zero-order chi connectivity index (χ0) is 25.2. The lowest BCUT2D eigenvalue weighted by Gasteiger charge is -2.33. The van der Waals surface area contributed by atoms with E-state index in [-0.39, 0.29) is 17.1 Å². The molecule has 0 aliphatic heterocycles. The highest BCUT2D eigenvalue weighted by atomic mass is 35.5. The number of nitrogens with one attached hydrogen (secondary N) is 1. The number of aromatic nitrogens is 5. The third-order valence-electron chi connectivity index (χ3n) is 6.30. The molecule has 4 rings (SSSR count). The van der Waals surface area contributed by atoms with Crippen LogP contribution in [0.1, 0.15) is 69.1 Å². The summed E-state index contributed by atoms with van der Waals surface area (Å²) in [7, 11) is 0. The largest absolute Gasteiger partial charge is 0.321 e. The third kappa shape index (κ3) is 5.46. The summed E-state index contributed by atoms with van der Waals surface area (Å²) in [6.45, 7) is 11.4. The highest BCUT2D eigenvalue weighted by molar-refractivity contribution is 6.31. The number of tetrazole rings is 1. The molecule has 1 N–H and O–H groups in total. The van der Waals surface area contributed by atoms with E-state index in [2.05, 4.69) is 53.1 Å².